The fourth-order valence-corrected chi connectivity index (χ4v) is 5.08. The predicted molar refractivity (Wildman–Crippen MR) is 139 cm³/mol. The van der Waals surface area contributed by atoms with Gasteiger partial charge in [0.05, 0.1) is 29.6 Å². The molecule has 3 heterocycles. The second-order valence-corrected chi connectivity index (χ2v) is 9.16. The second-order valence-electron chi connectivity index (χ2n) is 8.75. The standard InChI is InChI=1S/C27H25ClN4O4/c1-18(33)26-29-32(20-5-3-2-4-6-20)27(19-7-10-24-25(15-19)36-17-35-24)31(26)21-8-9-23(22(28)16-21)30-11-13-34-14-12-30/h2-10,15-16,27H,11-14,17H2,1H3. The van der Waals surface area contributed by atoms with Crippen LogP contribution in [-0.4, -0.2) is 44.7 Å². The van der Waals surface area contributed by atoms with Crippen LogP contribution >= 0.6 is 11.6 Å². The molecule has 8 nitrogen and oxygen atoms in total. The highest BCUT2D eigenvalue weighted by atomic mass is 35.5. The molecule has 3 aromatic rings. The fourth-order valence-electron chi connectivity index (χ4n) is 4.78. The van der Waals surface area contributed by atoms with Crippen LogP contribution in [-0.2, 0) is 9.53 Å². The third kappa shape index (κ3) is 4.02. The number of fused-ring (bicyclic) bond motifs is 1. The van der Waals surface area contributed by atoms with Gasteiger partial charge in [-0.05, 0) is 42.5 Å². The van der Waals surface area contributed by atoms with Gasteiger partial charge in [0.2, 0.25) is 6.79 Å². The van der Waals surface area contributed by atoms with E-state index >= 15 is 0 Å². The van der Waals surface area contributed by atoms with Crippen molar-refractivity contribution in [2.24, 2.45) is 5.10 Å². The number of nitrogens with zero attached hydrogens (tertiary/aromatic N) is 4. The molecule has 3 aliphatic heterocycles. The largest absolute Gasteiger partial charge is 0.454 e. The summed E-state index contributed by atoms with van der Waals surface area (Å²) in [6, 6.07) is 21.5. The van der Waals surface area contributed by atoms with Crippen molar-refractivity contribution < 1.29 is 19.0 Å². The van der Waals surface area contributed by atoms with E-state index in [1.54, 1.807) is 0 Å². The third-order valence-electron chi connectivity index (χ3n) is 6.50. The number of Topliss-reactive ketones (excluding diaryl/α,β-unsaturated/α-hetero) is 1. The van der Waals surface area contributed by atoms with E-state index < -0.39 is 6.17 Å². The lowest BCUT2D eigenvalue weighted by molar-refractivity contribution is -0.111. The van der Waals surface area contributed by atoms with Gasteiger partial charge >= 0.3 is 0 Å². The molecule has 184 valence electrons. The number of hydrogen-bond donors (Lipinski definition) is 0. The first-order valence-electron chi connectivity index (χ1n) is 11.8. The Balaban J connectivity index is 1.46. The minimum atomic E-state index is -0.439. The van der Waals surface area contributed by atoms with Crippen LogP contribution < -0.4 is 24.3 Å². The van der Waals surface area contributed by atoms with Crippen molar-refractivity contribution in [3.8, 4) is 11.5 Å². The minimum absolute atomic E-state index is 0.146. The summed E-state index contributed by atoms with van der Waals surface area (Å²) in [5.74, 6) is 1.54. The van der Waals surface area contributed by atoms with Gasteiger partial charge in [0, 0.05) is 31.3 Å². The molecule has 0 bridgehead atoms. The van der Waals surface area contributed by atoms with Crippen molar-refractivity contribution in [3.63, 3.8) is 0 Å². The quantitative estimate of drug-likeness (QED) is 0.493. The molecule has 36 heavy (non-hydrogen) atoms. The van der Waals surface area contributed by atoms with Crippen molar-refractivity contribution >= 4 is 40.3 Å². The zero-order chi connectivity index (χ0) is 24.6. The molecule has 1 saturated heterocycles. The first-order chi connectivity index (χ1) is 17.6. The molecular formula is C27H25ClN4O4. The number of ketones is 1. The molecule has 0 amide bonds. The van der Waals surface area contributed by atoms with E-state index in [4.69, 9.17) is 30.9 Å². The van der Waals surface area contributed by atoms with E-state index in [1.807, 2.05) is 76.6 Å². The van der Waals surface area contributed by atoms with Gasteiger partial charge in [-0.2, -0.15) is 0 Å². The van der Waals surface area contributed by atoms with Crippen LogP contribution in [0.2, 0.25) is 5.02 Å². The Morgan fingerprint density at radius 3 is 2.47 bits per heavy atom. The number of amidine groups is 1. The number of anilines is 3. The first-order valence-corrected chi connectivity index (χ1v) is 12.2. The molecule has 1 fully saturated rings. The van der Waals surface area contributed by atoms with Crippen LogP contribution in [0, 0.1) is 0 Å². The lowest BCUT2D eigenvalue weighted by Crippen LogP contribution is -2.38. The van der Waals surface area contributed by atoms with Crippen LogP contribution in [0.3, 0.4) is 0 Å². The van der Waals surface area contributed by atoms with E-state index in [1.165, 1.54) is 6.92 Å². The number of hydrogen-bond acceptors (Lipinski definition) is 8. The molecule has 9 heteroatoms. The summed E-state index contributed by atoms with van der Waals surface area (Å²) in [5.41, 5.74) is 3.48. The lowest BCUT2D eigenvalue weighted by Gasteiger charge is -2.33. The minimum Gasteiger partial charge on any atom is -0.454 e. The average molecular weight is 505 g/mol. The van der Waals surface area contributed by atoms with Gasteiger partial charge in [0.15, 0.2) is 29.3 Å². The zero-order valence-electron chi connectivity index (χ0n) is 19.8. The Kier molecular flexibility index (Phi) is 5.91. The topological polar surface area (TPSA) is 66.8 Å². The molecule has 1 atom stereocenters. The fraction of sp³-hybridized carbons (Fsp3) is 0.259. The summed E-state index contributed by atoms with van der Waals surface area (Å²) in [6.45, 7) is 4.62. The highest BCUT2D eigenvalue weighted by molar-refractivity contribution is 6.44. The molecule has 0 radical (unpaired) electrons. The van der Waals surface area contributed by atoms with Crippen LogP contribution in [0.15, 0.2) is 71.8 Å². The third-order valence-corrected chi connectivity index (χ3v) is 6.80. The van der Waals surface area contributed by atoms with Gasteiger partial charge in [-0.25, -0.2) is 5.01 Å². The van der Waals surface area contributed by atoms with Crippen molar-refractivity contribution in [1.29, 1.82) is 0 Å². The number of benzene rings is 3. The SMILES string of the molecule is CC(=O)C1=NN(c2ccccc2)C(c2ccc3c(c2)OCO3)N1c1ccc(N2CCOCC2)c(Cl)c1. The van der Waals surface area contributed by atoms with Crippen LogP contribution in [0.25, 0.3) is 0 Å². The predicted octanol–water partition coefficient (Wildman–Crippen LogP) is 4.83. The summed E-state index contributed by atoms with van der Waals surface area (Å²) >= 11 is 6.81. The van der Waals surface area contributed by atoms with Gasteiger partial charge in [-0.15, -0.1) is 5.10 Å². The highest BCUT2D eigenvalue weighted by Crippen LogP contribution is 2.43. The van der Waals surface area contributed by atoms with Gasteiger partial charge in [-0.1, -0.05) is 35.9 Å². The zero-order valence-corrected chi connectivity index (χ0v) is 20.5. The second kappa shape index (κ2) is 9.37. The summed E-state index contributed by atoms with van der Waals surface area (Å²) in [5, 5.41) is 7.26. The summed E-state index contributed by atoms with van der Waals surface area (Å²) in [6.07, 6.45) is -0.439. The number of rotatable bonds is 5. The number of hydrazone groups is 1. The van der Waals surface area contributed by atoms with Crippen LogP contribution in [0.5, 0.6) is 11.5 Å². The number of halogens is 1. The number of morpholine rings is 1. The number of carbonyl (C=O) groups excluding carboxylic acids is 1. The number of carbonyl (C=O) groups is 1. The lowest BCUT2D eigenvalue weighted by atomic mass is 10.1. The summed E-state index contributed by atoms with van der Waals surface area (Å²) in [7, 11) is 0. The van der Waals surface area contributed by atoms with E-state index in [0.29, 0.717) is 35.6 Å². The average Bonchev–Trinajstić information content (AvgIpc) is 3.54. The summed E-state index contributed by atoms with van der Waals surface area (Å²) in [4.78, 5) is 17.0. The maximum atomic E-state index is 12.9. The maximum absolute atomic E-state index is 12.9. The van der Waals surface area contributed by atoms with Gasteiger partial charge < -0.3 is 19.1 Å². The van der Waals surface area contributed by atoms with E-state index in [9.17, 15) is 4.79 Å². The molecule has 0 N–H and O–H groups in total. The number of ether oxygens (including phenoxy) is 3. The molecule has 6 rings (SSSR count). The van der Waals surface area contributed by atoms with Crippen molar-refractivity contribution in [3.05, 3.63) is 77.3 Å². The monoisotopic (exact) mass is 504 g/mol. The molecule has 0 saturated carbocycles. The van der Waals surface area contributed by atoms with Gasteiger partial charge in [-0.3, -0.25) is 9.69 Å². The Hall–Kier alpha value is -3.75. The Bertz CT molecular complexity index is 1330. The molecular weight excluding hydrogens is 480 g/mol. The molecule has 1 unspecified atom stereocenters. The summed E-state index contributed by atoms with van der Waals surface area (Å²) < 4.78 is 16.7. The Morgan fingerprint density at radius 2 is 1.72 bits per heavy atom. The van der Waals surface area contributed by atoms with Gasteiger partial charge in [0.25, 0.3) is 0 Å². The van der Waals surface area contributed by atoms with E-state index in [-0.39, 0.29) is 12.6 Å². The normalized spacial score (nSPS) is 19.0. The van der Waals surface area contributed by atoms with E-state index in [0.717, 1.165) is 35.7 Å². The Morgan fingerprint density at radius 1 is 0.944 bits per heavy atom. The van der Waals surface area contributed by atoms with E-state index in [2.05, 4.69) is 4.90 Å². The smallest absolute Gasteiger partial charge is 0.231 e. The Labute approximate surface area is 214 Å². The number of para-hydroxylation sites is 1. The molecule has 0 aromatic heterocycles. The van der Waals surface area contributed by atoms with Gasteiger partial charge in [0.1, 0.15) is 0 Å². The van der Waals surface area contributed by atoms with Crippen molar-refractivity contribution in [1.82, 2.24) is 0 Å². The molecule has 0 aliphatic carbocycles. The van der Waals surface area contributed by atoms with Crippen LogP contribution in [0.1, 0.15) is 18.7 Å². The highest BCUT2D eigenvalue weighted by Gasteiger charge is 2.40. The van der Waals surface area contributed by atoms with Crippen molar-refractivity contribution in [2.45, 2.75) is 13.1 Å². The molecule has 0 spiro atoms. The molecule has 3 aromatic carbocycles. The molecule has 3 aliphatic rings. The first kappa shape index (κ1) is 22.7. The van der Waals surface area contributed by atoms with Crippen LogP contribution in [0.4, 0.5) is 17.1 Å². The maximum Gasteiger partial charge on any atom is 0.231 e. The van der Waals surface area contributed by atoms with Crippen molar-refractivity contribution in [2.75, 3.05) is 47.9 Å².